The molecule has 40 heteroatoms. The Morgan fingerprint density at radius 1 is 0.669 bits per heavy atom. The van der Waals surface area contributed by atoms with Crippen LogP contribution in [0.25, 0.3) is 11.1 Å². The van der Waals surface area contributed by atoms with Gasteiger partial charge in [0.05, 0.1) is 47.9 Å². The number of imide groups is 1. The molecule has 2 saturated heterocycles. The van der Waals surface area contributed by atoms with Gasteiger partial charge in [-0.3, -0.25) is 48.5 Å². The molecular formula is C87H102Cl2N12O26. The van der Waals surface area contributed by atoms with E-state index < -0.39 is 237 Å². The zero-order chi connectivity index (χ0) is 91.0. The van der Waals surface area contributed by atoms with Crippen LogP contribution in [0.3, 0.4) is 0 Å². The number of aromatic hydroxyl groups is 3. The van der Waals surface area contributed by atoms with Gasteiger partial charge in [0, 0.05) is 47.8 Å². The molecule has 0 unspecified atom stereocenters. The predicted octanol–water partition coefficient (Wildman–Crippen LogP) is 3.34. The summed E-state index contributed by atoms with van der Waals surface area (Å²) < 4.78 is 44.7. The lowest BCUT2D eigenvalue weighted by Crippen LogP contribution is -2.64. The highest BCUT2D eigenvalue weighted by molar-refractivity contribution is 6.32. The standard InChI is InChI=1S/C87H102Cl2N12O26/c1-35(2)19-53(91-6)78(113)100-69-71(108)41-8-15-57(51(88)26-41)123-59-28-45-29-60(75(59)127-85-76(74(111)73(110)61(34-102)125-85)126-63-33-87(5,90)77(112)36(3)122-63)124-58-16-9-42(27-52(58)89)72(109)70-84(119)99-68(82(117)96-65-43-21-38-20-39(23-43)24-44(65)22-38)50-30-47(104)31-56(106)64(50)49-25-40(7-14-55(49)105)66(80(115)101-70)98-81(116)67(45)97-79(114)54(94-83(69)118)32-62(107)95-86(120)93-46-10-12-48(13-11-46)121-18-17-92-37(4)103/h7-16,25-31,35-36,38-39,43-44,53-54,61,63,65-74,76-77,85,91,102,104-106,108-112H,17-24,32-34,90H2,1-6H3,(H,92,103)(H,94,118)(H,96,117)(H,97,114)(H,98,116)(H,99,119)(H,100,113)(H,101,115)(H2,93,95,107,120)/t36-,38?,39?,43?,44?,53+,54-,61+,63-,65?,66+,67+,68-,69+,70-,71+,72+,73+,74-,76+,77+,85-,87-/m0/s1. The SMILES string of the molecule is CN[C@H](CC(C)C)C(=O)N[C@H]1C(=O)N[C@@H](CC(=O)NC(=O)Nc2ccc(OCCNC(C)=O)cc2)C(=O)N[C@H]2C(=O)N[C@H]3C(=O)N[C@H](C(=O)N[C@H](C(=O)NC4C5CC6CC(C5)CC4C6)c4cc(O)cc(O)c4-c4cc3ccc4O)[C@H](O)c3ccc(c(Cl)c3)Oc3cc2cc(c3O[C@@H]2O[C@H](CO)[C@@H](O)[C@H](O)[C@H]2O[C@H]2C[C@](C)(N)[C@H](O)[C@H](C)O2)Oc2ccc(cc2Cl)[C@H]1O. The summed E-state index contributed by atoms with van der Waals surface area (Å²) in [5, 5.41) is 135. The van der Waals surface area contributed by atoms with Crippen molar-refractivity contribution in [3.05, 3.63) is 141 Å². The molecule has 0 aromatic heterocycles. The Hall–Kier alpha value is -11.2. The van der Waals surface area contributed by atoms with Crippen molar-refractivity contribution < 1.29 is 127 Å². The average Bonchev–Trinajstić information content (AvgIpc) is 0.757. The fraction of sp³-hybridized carbons (Fsp3) is 0.471. The van der Waals surface area contributed by atoms with Gasteiger partial charge in [-0.25, -0.2) is 4.79 Å². The molecule has 0 spiro atoms. The maximum atomic E-state index is 16.7. The molecule has 4 aliphatic carbocycles. The van der Waals surface area contributed by atoms with Crippen molar-refractivity contribution in [3.63, 3.8) is 0 Å². The number of aliphatic hydroxyl groups excluding tert-OH is 6. The van der Waals surface area contributed by atoms with Crippen molar-refractivity contribution in [2.75, 3.05) is 32.1 Å². The van der Waals surface area contributed by atoms with Gasteiger partial charge in [-0.1, -0.05) is 55.2 Å². The lowest BCUT2D eigenvalue weighted by Gasteiger charge is -2.54. The maximum absolute atomic E-state index is 16.7. The molecule has 0 radical (unpaired) electrons. The number of amides is 11. The van der Waals surface area contributed by atoms with Gasteiger partial charge in [-0.05, 0) is 196 Å². The number of carbonyl (C=O) groups is 10. The van der Waals surface area contributed by atoms with E-state index in [1.54, 1.807) is 0 Å². The monoisotopic (exact) mass is 1800 g/mol. The van der Waals surface area contributed by atoms with Crippen LogP contribution >= 0.6 is 23.2 Å². The first kappa shape index (κ1) is 92.0. The van der Waals surface area contributed by atoms with Crippen LogP contribution in [0.5, 0.6) is 51.7 Å². The summed E-state index contributed by atoms with van der Waals surface area (Å²) in [6, 6.07) is 4.05. The maximum Gasteiger partial charge on any atom is 0.325 e. The first-order chi connectivity index (χ1) is 60.4. The number of urea groups is 1. The Bertz CT molecular complexity index is 5200. The quantitative estimate of drug-likeness (QED) is 0.0517. The summed E-state index contributed by atoms with van der Waals surface area (Å²) in [7, 11) is 1.46. The van der Waals surface area contributed by atoms with Gasteiger partial charge in [0.25, 0.3) is 0 Å². The van der Waals surface area contributed by atoms with E-state index in [9.17, 15) is 65.1 Å². The number of hydrogen-bond donors (Lipinski definition) is 21. The average molecular weight is 1800 g/mol. The number of aliphatic hydroxyl groups is 6. The summed E-state index contributed by atoms with van der Waals surface area (Å²) in [4.78, 5) is 150. The minimum absolute atomic E-state index is 0.0466. The molecule has 7 heterocycles. The summed E-state index contributed by atoms with van der Waals surface area (Å²) >= 11 is 14.5. The second kappa shape index (κ2) is 38.4. The minimum Gasteiger partial charge on any atom is -0.508 e. The highest BCUT2D eigenvalue weighted by Gasteiger charge is 2.53. The Labute approximate surface area is 737 Å². The summed E-state index contributed by atoms with van der Waals surface area (Å²) in [6.07, 6.45) is -14.8. The van der Waals surface area contributed by atoms with E-state index in [2.05, 4.69) is 58.5 Å². The number of carbonyl (C=O) groups excluding carboxylic acids is 10. The van der Waals surface area contributed by atoms with Crippen LogP contribution in [0.1, 0.15) is 144 Å². The van der Waals surface area contributed by atoms with Crippen molar-refractivity contribution >= 4 is 88.1 Å². The first-order valence-corrected chi connectivity index (χ1v) is 42.5. The van der Waals surface area contributed by atoms with Crippen LogP contribution in [-0.4, -0.2) is 217 Å². The van der Waals surface area contributed by atoms with Crippen LogP contribution in [0.15, 0.2) is 103 Å². The highest BCUT2D eigenvalue weighted by atomic mass is 35.5. The van der Waals surface area contributed by atoms with E-state index in [-0.39, 0.29) is 94.5 Å². The number of hydrogen-bond acceptors (Lipinski definition) is 28. The van der Waals surface area contributed by atoms with E-state index in [1.807, 2.05) is 13.8 Å². The largest absolute Gasteiger partial charge is 0.508 e. The Kier molecular flexibility index (Phi) is 27.8. The molecule has 15 bridgehead atoms. The Morgan fingerprint density at radius 2 is 1.29 bits per heavy atom. The van der Waals surface area contributed by atoms with Crippen molar-refractivity contribution in [2.24, 2.45) is 35.3 Å². The number of ether oxygens (including phenoxy) is 7. The van der Waals surface area contributed by atoms with Crippen molar-refractivity contribution in [3.8, 4) is 62.9 Å². The number of nitrogens with one attached hydrogen (secondary N) is 11. The summed E-state index contributed by atoms with van der Waals surface area (Å²) in [6.45, 7) is 7.21. The second-order valence-corrected chi connectivity index (χ2v) is 35.0. The van der Waals surface area contributed by atoms with Crippen LogP contribution < -0.4 is 83.2 Å². The molecule has 22 N–H and O–H groups in total. The predicted molar refractivity (Wildman–Crippen MR) is 449 cm³/mol. The fourth-order valence-corrected chi connectivity index (χ4v) is 18.7. The number of rotatable bonds is 19. The van der Waals surface area contributed by atoms with E-state index >= 15 is 28.8 Å². The van der Waals surface area contributed by atoms with Crippen LogP contribution in [0.4, 0.5) is 10.5 Å². The van der Waals surface area contributed by atoms with Gasteiger partial charge >= 0.3 is 6.03 Å². The third kappa shape index (κ3) is 20.4. The van der Waals surface area contributed by atoms with Gasteiger partial charge < -0.3 is 138 Å². The van der Waals surface area contributed by atoms with Gasteiger partial charge in [0.15, 0.2) is 23.9 Å². The Balaban J connectivity index is 0.947. The number of benzene rings is 6. The zero-order valence-electron chi connectivity index (χ0n) is 69.7. The number of phenols is 3. The normalized spacial score (nSPS) is 30.0. The van der Waals surface area contributed by atoms with Crippen LogP contribution in [0.2, 0.25) is 10.0 Å². The number of likely N-dealkylation sites (N-methyl/N-ethyl adjacent to an activating group) is 1. The molecule has 11 amide bonds. The number of halogens is 2. The molecule has 18 atom stereocenters. The zero-order valence-corrected chi connectivity index (χ0v) is 71.2. The minimum atomic E-state index is -2.44. The Morgan fingerprint density at radius 3 is 1.91 bits per heavy atom. The van der Waals surface area contributed by atoms with Crippen LogP contribution in [-0.2, 0) is 57.4 Å². The molecule has 127 heavy (non-hydrogen) atoms. The molecular weight excluding hydrogens is 1700 g/mol. The second-order valence-electron chi connectivity index (χ2n) is 34.2. The molecule has 6 aromatic carbocycles. The molecule has 7 aliphatic heterocycles. The summed E-state index contributed by atoms with van der Waals surface area (Å²) in [5.74, 6) is -14.0. The van der Waals surface area contributed by atoms with E-state index in [4.69, 9.17) is 62.1 Å². The van der Waals surface area contributed by atoms with E-state index in [0.29, 0.717) is 17.6 Å². The molecule has 38 nitrogen and oxygen atoms in total. The highest BCUT2D eigenvalue weighted by Crippen LogP contribution is 2.55. The molecule has 11 aliphatic rings. The number of fused-ring (bicyclic) bond motifs is 15. The molecule has 4 saturated carbocycles. The molecule has 6 aromatic rings. The third-order valence-corrected chi connectivity index (χ3v) is 25.0. The third-order valence-electron chi connectivity index (χ3n) is 24.4. The topological polar surface area (TPSA) is 576 Å². The van der Waals surface area contributed by atoms with E-state index in [1.165, 1.54) is 76.3 Å². The smallest absolute Gasteiger partial charge is 0.325 e. The number of nitrogens with two attached hydrogens (primary N) is 1. The molecule has 680 valence electrons. The molecule has 17 rings (SSSR count). The lowest BCUT2D eigenvalue weighted by molar-refractivity contribution is -0.333. The van der Waals surface area contributed by atoms with Crippen molar-refractivity contribution in [2.45, 2.75) is 201 Å². The van der Waals surface area contributed by atoms with Gasteiger partial charge in [-0.15, -0.1) is 0 Å². The van der Waals surface area contributed by atoms with Gasteiger partial charge in [0.2, 0.25) is 65.2 Å². The lowest BCUT2D eigenvalue weighted by atomic mass is 9.54. The number of anilines is 1. The van der Waals surface area contributed by atoms with Crippen molar-refractivity contribution in [1.82, 2.24) is 53.2 Å². The summed E-state index contributed by atoms with van der Waals surface area (Å²) in [5.41, 5.74) is 2.89. The van der Waals surface area contributed by atoms with E-state index in [0.717, 1.165) is 86.7 Å². The molecule has 6 fully saturated rings. The van der Waals surface area contributed by atoms with Crippen molar-refractivity contribution in [1.29, 1.82) is 0 Å². The van der Waals surface area contributed by atoms with Crippen LogP contribution in [0, 0.1) is 29.6 Å². The van der Waals surface area contributed by atoms with Gasteiger partial charge in [-0.2, -0.15) is 0 Å². The first-order valence-electron chi connectivity index (χ1n) is 41.7. The number of phenolic OH excluding ortho intramolecular Hbond substituents is 3. The fourth-order valence-electron chi connectivity index (χ4n) is 18.3. The van der Waals surface area contributed by atoms with Gasteiger partial charge in [0.1, 0.15) is 108 Å².